The van der Waals surface area contributed by atoms with E-state index in [0.717, 1.165) is 30.9 Å². The van der Waals surface area contributed by atoms with Crippen LogP contribution in [0, 0.1) is 3.95 Å². The van der Waals surface area contributed by atoms with Gasteiger partial charge < -0.3 is 10.1 Å². The summed E-state index contributed by atoms with van der Waals surface area (Å²) in [4.78, 5) is 10.8. The molecule has 1 heterocycles. The first-order valence-electron chi connectivity index (χ1n) is 5.08. The first-order valence-corrected chi connectivity index (χ1v) is 6.31. The highest BCUT2D eigenvalue weighted by atomic mass is 32.1. The number of nitrogens with one attached hydrogen (secondary N) is 2. The molecule has 0 fully saturated rings. The van der Waals surface area contributed by atoms with E-state index in [-0.39, 0.29) is 5.97 Å². The standard InChI is InChI=1S/C9H15N3O2S2/c1-14-7(13)5-3-2-4-6-10-8-11-12-9(15)16-8/h2-6H2,1H3,(H,10,11)(H,12,15). The molecule has 0 amide bonds. The zero-order valence-electron chi connectivity index (χ0n) is 9.12. The number of aromatic amines is 1. The first-order chi connectivity index (χ1) is 7.72. The number of nitrogens with zero attached hydrogens (tertiary/aromatic N) is 1. The van der Waals surface area contributed by atoms with E-state index in [9.17, 15) is 4.79 Å². The maximum atomic E-state index is 10.8. The molecule has 7 heteroatoms. The monoisotopic (exact) mass is 261 g/mol. The molecule has 16 heavy (non-hydrogen) atoms. The number of ether oxygens (including phenoxy) is 1. The number of carbonyl (C=O) groups excluding carboxylic acids is 1. The van der Waals surface area contributed by atoms with Gasteiger partial charge in [-0.05, 0) is 25.1 Å². The Morgan fingerprint density at radius 2 is 2.38 bits per heavy atom. The second-order valence-electron chi connectivity index (χ2n) is 3.23. The molecule has 0 bridgehead atoms. The van der Waals surface area contributed by atoms with Crippen LogP contribution in [0.15, 0.2) is 0 Å². The molecule has 0 aliphatic carbocycles. The number of anilines is 1. The predicted molar refractivity (Wildman–Crippen MR) is 66.3 cm³/mol. The quantitative estimate of drug-likeness (QED) is 0.448. The molecule has 0 saturated heterocycles. The first kappa shape index (κ1) is 13.1. The molecule has 0 aliphatic heterocycles. The summed E-state index contributed by atoms with van der Waals surface area (Å²) >= 11 is 6.33. The van der Waals surface area contributed by atoms with Gasteiger partial charge in [-0.2, -0.15) is 0 Å². The van der Waals surface area contributed by atoms with Crippen molar-refractivity contribution in [1.82, 2.24) is 10.2 Å². The van der Waals surface area contributed by atoms with Gasteiger partial charge in [0.05, 0.1) is 7.11 Å². The summed E-state index contributed by atoms with van der Waals surface area (Å²) in [5.74, 6) is -0.141. The highest BCUT2D eigenvalue weighted by Crippen LogP contribution is 2.11. The highest BCUT2D eigenvalue weighted by Gasteiger charge is 1.99. The Hall–Kier alpha value is -0.950. The van der Waals surface area contributed by atoms with Crippen molar-refractivity contribution in [3.05, 3.63) is 3.95 Å². The van der Waals surface area contributed by atoms with Gasteiger partial charge in [-0.15, -0.1) is 5.10 Å². The number of aromatic nitrogens is 2. The molecule has 0 aromatic carbocycles. The van der Waals surface area contributed by atoms with Crippen molar-refractivity contribution >= 4 is 34.7 Å². The molecular formula is C9H15N3O2S2. The lowest BCUT2D eigenvalue weighted by atomic mass is 10.2. The van der Waals surface area contributed by atoms with Crippen LogP contribution in [0.5, 0.6) is 0 Å². The lowest BCUT2D eigenvalue weighted by Gasteiger charge is -2.01. The maximum Gasteiger partial charge on any atom is 0.305 e. The summed E-state index contributed by atoms with van der Waals surface area (Å²) in [5.41, 5.74) is 0. The van der Waals surface area contributed by atoms with E-state index in [1.807, 2.05) is 0 Å². The van der Waals surface area contributed by atoms with E-state index < -0.39 is 0 Å². The van der Waals surface area contributed by atoms with E-state index in [0.29, 0.717) is 10.4 Å². The minimum Gasteiger partial charge on any atom is -0.469 e. The zero-order valence-corrected chi connectivity index (χ0v) is 10.7. The Morgan fingerprint density at radius 3 is 3.00 bits per heavy atom. The van der Waals surface area contributed by atoms with Crippen LogP contribution in [0.4, 0.5) is 5.13 Å². The number of hydrogen-bond donors (Lipinski definition) is 2. The summed E-state index contributed by atoms with van der Waals surface area (Å²) < 4.78 is 5.22. The molecule has 1 aromatic heterocycles. The van der Waals surface area contributed by atoms with Crippen LogP contribution >= 0.6 is 23.6 Å². The van der Waals surface area contributed by atoms with Gasteiger partial charge in [0.25, 0.3) is 0 Å². The molecule has 0 spiro atoms. The van der Waals surface area contributed by atoms with Crippen LogP contribution in [-0.4, -0.2) is 29.8 Å². The highest BCUT2D eigenvalue weighted by molar-refractivity contribution is 7.73. The third-order valence-electron chi connectivity index (χ3n) is 2.00. The largest absolute Gasteiger partial charge is 0.469 e. The number of rotatable bonds is 7. The van der Waals surface area contributed by atoms with Crippen LogP contribution in [-0.2, 0) is 9.53 Å². The molecule has 5 nitrogen and oxygen atoms in total. The van der Waals surface area contributed by atoms with Crippen molar-refractivity contribution < 1.29 is 9.53 Å². The van der Waals surface area contributed by atoms with Crippen molar-refractivity contribution in [3.63, 3.8) is 0 Å². The van der Waals surface area contributed by atoms with E-state index in [2.05, 4.69) is 20.3 Å². The molecule has 1 aromatic rings. The van der Waals surface area contributed by atoms with E-state index in [4.69, 9.17) is 12.2 Å². The lowest BCUT2D eigenvalue weighted by molar-refractivity contribution is -0.140. The Labute approximate surface area is 103 Å². The second kappa shape index (κ2) is 7.34. The minimum absolute atomic E-state index is 0.141. The summed E-state index contributed by atoms with van der Waals surface area (Å²) in [5, 5.41) is 10.7. The fourth-order valence-electron chi connectivity index (χ4n) is 1.17. The summed E-state index contributed by atoms with van der Waals surface area (Å²) in [6.45, 7) is 0.845. The van der Waals surface area contributed by atoms with E-state index >= 15 is 0 Å². The van der Waals surface area contributed by atoms with Gasteiger partial charge in [-0.1, -0.05) is 17.8 Å². The molecule has 2 N–H and O–H groups in total. The fraction of sp³-hybridized carbons (Fsp3) is 0.667. The van der Waals surface area contributed by atoms with Gasteiger partial charge in [0.15, 0.2) is 3.95 Å². The van der Waals surface area contributed by atoms with Gasteiger partial charge in [-0.3, -0.25) is 9.89 Å². The third kappa shape index (κ3) is 5.22. The van der Waals surface area contributed by atoms with Gasteiger partial charge in [0, 0.05) is 13.0 Å². The van der Waals surface area contributed by atoms with Crippen molar-refractivity contribution in [3.8, 4) is 0 Å². The van der Waals surface area contributed by atoms with Crippen molar-refractivity contribution in [2.45, 2.75) is 25.7 Å². The number of methoxy groups -OCH3 is 1. The number of unbranched alkanes of at least 4 members (excludes halogenated alkanes) is 2. The van der Waals surface area contributed by atoms with E-state index in [1.165, 1.54) is 18.4 Å². The van der Waals surface area contributed by atoms with Gasteiger partial charge in [0.1, 0.15) is 0 Å². The zero-order chi connectivity index (χ0) is 11.8. The molecule has 0 unspecified atom stereocenters. The topological polar surface area (TPSA) is 67.0 Å². The number of carbonyl (C=O) groups is 1. The molecule has 0 atom stereocenters. The summed E-state index contributed by atoms with van der Waals surface area (Å²) in [6.07, 6.45) is 3.36. The SMILES string of the molecule is COC(=O)CCCCCNc1n[nH]c(=S)s1. The third-order valence-corrected chi connectivity index (χ3v) is 3.05. The van der Waals surface area contributed by atoms with Crippen LogP contribution < -0.4 is 5.32 Å². The Morgan fingerprint density at radius 1 is 1.56 bits per heavy atom. The van der Waals surface area contributed by atoms with Crippen molar-refractivity contribution in [1.29, 1.82) is 0 Å². The molecule has 0 aliphatic rings. The van der Waals surface area contributed by atoms with Crippen LogP contribution in [0.25, 0.3) is 0 Å². The fourth-order valence-corrected chi connectivity index (χ4v) is 1.99. The summed E-state index contributed by atoms with van der Waals surface area (Å²) in [6, 6.07) is 0. The summed E-state index contributed by atoms with van der Waals surface area (Å²) in [7, 11) is 1.41. The molecule has 1 rings (SSSR count). The van der Waals surface area contributed by atoms with Crippen molar-refractivity contribution in [2.75, 3.05) is 19.0 Å². The minimum atomic E-state index is -0.141. The Balaban J connectivity index is 2.00. The second-order valence-corrected chi connectivity index (χ2v) is 4.90. The molecule has 0 radical (unpaired) electrons. The van der Waals surface area contributed by atoms with Crippen LogP contribution in [0.3, 0.4) is 0 Å². The Bertz CT molecular complexity index is 375. The molecular weight excluding hydrogens is 246 g/mol. The van der Waals surface area contributed by atoms with Crippen molar-refractivity contribution in [2.24, 2.45) is 0 Å². The smallest absolute Gasteiger partial charge is 0.305 e. The van der Waals surface area contributed by atoms with Gasteiger partial charge >= 0.3 is 5.97 Å². The average molecular weight is 261 g/mol. The molecule has 0 saturated carbocycles. The number of hydrogen-bond acceptors (Lipinski definition) is 6. The predicted octanol–water partition coefficient (Wildman–Crippen LogP) is 2.35. The number of esters is 1. The normalized spacial score (nSPS) is 10.1. The Kier molecular flexibility index (Phi) is 6.02. The van der Waals surface area contributed by atoms with Gasteiger partial charge in [-0.25, -0.2) is 0 Å². The van der Waals surface area contributed by atoms with Crippen LogP contribution in [0.2, 0.25) is 0 Å². The average Bonchev–Trinajstić information content (AvgIpc) is 2.69. The maximum absolute atomic E-state index is 10.8. The number of H-pyrrole nitrogens is 1. The molecule has 90 valence electrons. The van der Waals surface area contributed by atoms with E-state index in [1.54, 1.807) is 0 Å². The lowest BCUT2D eigenvalue weighted by Crippen LogP contribution is -2.03. The van der Waals surface area contributed by atoms with Gasteiger partial charge in [0.2, 0.25) is 5.13 Å². The van der Waals surface area contributed by atoms with Crippen LogP contribution in [0.1, 0.15) is 25.7 Å².